The Kier molecular flexibility index (Phi) is 3.05. The predicted molar refractivity (Wildman–Crippen MR) is 84.2 cm³/mol. The van der Waals surface area contributed by atoms with Crippen LogP contribution in [0.2, 0.25) is 5.02 Å². The van der Waals surface area contributed by atoms with Gasteiger partial charge in [0, 0.05) is 10.7 Å². The van der Waals surface area contributed by atoms with Gasteiger partial charge in [-0.25, -0.2) is 0 Å². The van der Waals surface area contributed by atoms with E-state index in [2.05, 4.69) is 17.5 Å². The molecule has 2 fully saturated rings. The van der Waals surface area contributed by atoms with E-state index >= 15 is 0 Å². The van der Waals surface area contributed by atoms with Crippen molar-refractivity contribution in [3.8, 4) is 0 Å². The number of fused-ring (bicyclic) bond motifs is 5. The monoisotopic (exact) mass is 316 g/mol. The second-order valence-electron chi connectivity index (χ2n) is 6.35. The molecule has 0 radical (unpaired) electrons. The Bertz CT molecular complexity index is 670. The van der Waals surface area contributed by atoms with Crippen LogP contribution in [-0.4, -0.2) is 23.4 Å². The van der Waals surface area contributed by atoms with E-state index in [1.807, 2.05) is 25.1 Å². The number of benzene rings is 1. The van der Waals surface area contributed by atoms with Gasteiger partial charge in [-0.1, -0.05) is 29.8 Å². The number of nitrogens with one attached hydrogen (secondary N) is 1. The molecule has 4 unspecified atom stereocenters. The first-order chi connectivity index (χ1) is 10.6. The highest BCUT2D eigenvalue weighted by Crippen LogP contribution is 2.52. The van der Waals surface area contributed by atoms with Gasteiger partial charge in [0.25, 0.3) is 0 Å². The van der Waals surface area contributed by atoms with Crippen molar-refractivity contribution in [3.63, 3.8) is 0 Å². The zero-order chi connectivity index (χ0) is 15.4. The summed E-state index contributed by atoms with van der Waals surface area (Å²) in [5.41, 5.74) is 1.77. The van der Waals surface area contributed by atoms with Crippen LogP contribution in [-0.2, 0) is 9.59 Å². The van der Waals surface area contributed by atoms with Gasteiger partial charge in [0.1, 0.15) is 0 Å². The largest absolute Gasteiger partial charge is 0.367 e. The third-order valence-electron chi connectivity index (χ3n) is 5.26. The van der Waals surface area contributed by atoms with Crippen molar-refractivity contribution in [2.75, 3.05) is 12.0 Å². The number of hydrogen-bond donors (Lipinski definition) is 1. The standard InChI is InChI=1S/C17H17ClN2O2/c1-9-12(18)3-2-4-13(9)19-8-20-16(21)14-10-5-6-11(7-10)15(14)17(20)22/h2-6,10-11,14-15,19H,7-8H2,1H3. The normalized spacial score (nSPS) is 32.0. The van der Waals surface area contributed by atoms with Gasteiger partial charge in [-0.3, -0.25) is 14.5 Å². The van der Waals surface area contributed by atoms with E-state index in [9.17, 15) is 9.59 Å². The Morgan fingerprint density at radius 1 is 1.18 bits per heavy atom. The molecule has 4 nitrogen and oxygen atoms in total. The molecule has 2 bridgehead atoms. The number of carbonyl (C=O) groups excluding carboxylic acids is 2. The van der Waals surface area contributed by atoms with Crippen molar-refractivity contribution < 1.29 is 9.59 Å². The minimum Gasteiger partial charge on any atom is -0.367 e. The van der Waals surface area contributed by atoms with Crippen LogP contribution in [0, 0.1) is 30.6 Å². The molecule has 1 saturated carbocycles. The molecule has 1 saturated heterocycles. The minimum absolute atomic E-state index is 0.0287. The van der Waals surface area contributed by atoms with E-state index in [4.69, 9.17) is 11.6 Å². The molecular weight excluding hydrogens is 300 g/mol. The topological polar surface area (TPSA) is 49.4 Å². The van der Waals surface area contributed by atoms with E-state index in [-0.39, 0.29) is 42.2 Å². The summed E-state index contributed by atoms with van der Waals surface area (Å²) in [6.45, 7) is 2.13. The zero-order valence-corrected chi connectivity index (χ0v) is 13.0. The highest BCUT2D eigenvalue weighted by Gasteiger charge is 2.59. The average Bonchev–Trinajstić information content (AvgIpc) is 3.17. The summed E-state index contributed by atoms with van der Waals surface area (Å²) in [6, 6.07) is 5.57. The Balaban J connectivity index is 1.52. The Labute approximate surface area is 134 Å². The molecule has 0 aromatic heterocycles. The number of carbonyl (C=O) groups is 2. The van der Waals surface area contributed by atoms with Crippen molar-refractivity contribution in [2.24, 2.45) is 23.7 Å². The number of rotatable bonds is 3. The number of halogens is 1. The lowest BCUT2D eigenvalue weighted by molar-refractivity contribution is -0.140. The van der Waals surface area contributed by atoms with E-state index in [1.54, 1.807) is 0 Å². The zero-order valence-electron chi connectivity index (χ0n) is 12.3. The number of hydrogen-bond acceptors (Lipinski definition) is 3. The second kappa shape index (κ2) is 4.85. The number of nitrogens with zero attached hydrogens (tertiary/aromatic N) is 1. The van der Waals surface area contributed by atoms with Crippen LogP contribution in [0.15, 0.2) is 30.4 Å². The number of imide groups is 1. The molecule has 2 aliphatic carbocycles. The summed E-state index contributed by atoms with van der Waals surface area (Å²) in [5, 5.41) is 3.84. The Hall–Kier alpha value is -1.81. The number of anilines is 1. The van der Waals surface area contributed by atoms with Crippen LogP contribution < -0.4 is 5.32 Å². The maximum Gasteiger partial charge on any atom is 0.235 e. The summed E-state index contributed by atoms with van der Waals surface area (Å²) in [7, 11) is 0. The molecule has 1 aromatic rings. The number of amides is 2. The van der Waals surface area contributed by atoms with Crippen molar-refractivity contribution in [3.05, 3.63) is 40.9 Å². The minimum atomic E-state index is -0.134. The lowest BCUT2D eigenvalue weighted by Crippen LogP contribution is -2.37. The van der Waals surface area contributed by atoms with E-state index in [1.165, 1.54) is 4.90 Å². The summed E-state index contributed by atoms with van der Waals surface area (Å²) < 4.78 is 0. The van der Waals surface area contributed by atoms with Crippen molar-refractivity contribution in [1.29, 1.82) is 0 Å². The fourth-order valence-electron chi connectivity index (χ4n) is 4.08. The van der Waals surface area contributed by atoms with Crippen molar-refractivity contribution in [2.45, 2.75) is 13.3 Å². The highest BCUT2D eigenvalue weighted by atomic mass is 35.5. The molecule has 4 atom stereocenters. The lowest BCUT2D eigenvalue weighted by atomic mass is 9.85. The van der Waals surface area contributed by atoms with Crippen LogP contribution in [0.3, 0.4) is 0 Å². The van der Waals surface area contributed by atoms with Gasteiger partial charge in [0.05, 0.1) is 18.5 Å². The fourth-order valence-corrected chi connectivity index (χ4v) is 4.26. The van der Waals surface area contributed by atoms with Gasteiger partial charge in [0.2, 0.25) is 11.8 Å². The molecule has 0 spiro atoms. The first kappa shape index (κ1) is 13.8. The molecule has 3 aliphatic rings. The first-order valence-corrected chi connectivity index (χ1v) is 7.98. The van der Waals surface area contributed by atoms with Gasteiger partial charge >= 0.3 is 0 Å². The van der Waals surface area contributed by atoms with Gasteiger partial charge < -0.3 is 5.32 Å². The average molecular weight is 317 g/mol. The molecule has 1 aromatic carbocycles. The first-order valence-electron chi connectivity index (χ1n) is 7.60. The molecule has 22 heavy (non-hydrogen) atoms. The third-order valence-corrected chi connectivity index (χ3v) is 5.67. The van der Waals surface area contributed by atoms with E-state index in [0.29, 0.717) is 5.02 Å². The Morgan fingerprint density at radius 3 is 2.45 bits per heavy atom. The quantitative estimate of drug-likeness (QED) is 0.689. The van der Waals surface area contributed by atoms with Gasteiger partial charge in [-0.15, -0.1) is 0 Å². The predicted octanol–water partition coefficient (Wildman–Crippen LogP) is 2.82. The summed E-state index contributed by atoms with van der Waals surface area (Å²) in [6.07, 6.45) is 5.17. The van der Waals surface area contributed by atoms with Crippen LogP contribution in [0.5, 0.6) is 0 Å². The SMILES string of the molecule is Cc1c(Cl)cccc1NCN1C(=O)C2C3C=CC(C3)C2C1=O. The number of allylic oxidation sites excluding steroid dienone is 2. The van der Waals surface area contributed by atoms with Crippen LogP contribution in [0.25, 0.3) is 0 Å². The van der Waals surface area contributed by atoms with E-state index < -0.39 is 0 Å². The molecule has 1 heterocycles. The van der Waals surface area contributed by atoms with Crippen LogP contribution in [0.1, 0.15) is 12.0 Å². The molecular formula is C17H17ClN2O2. The van der Waals surface area contributed by atoms with E-state index in [0.717, 1.165) is 17.7 Å². The van der Waals surface area contributed by atoms with Gasteiger partial charge in [0.15, 0.2) is 0 Å². The van der Waals surface area contributed by atoms with Crippen LogP contribution in [0.4, 0.5) is 5.69 Å². The smallest absolute Gasteiger partial charge is 0.235 e. The second-order valence-corrected chi connectivity index (χ2v) is 6.76. The maximum atomic E-state index is 12.6. The number of likely N-dealkylation sites (tertiary alicyclic amines) is 1. The van der Waals surface area contributed by atoms with Gasteiger partial charge in [-0.2, -0.15) is 0 Å². The highest BCUT2D eigenvalue weighted by molar-refractivity contribution is 6.31. The summed E-state index contributed by atoms with van der Waals surface area (Å²) >= 11 is 6.10. The van der Waals surface area contributed by atoms with Gasteiger partial charge in [-0.05, 0) is 42.9 Å². The molecule has 1 aliphatic heterocycles. The third kappa shape index (κ3) is 1.83. The summed E-state index contributed by atoms with van der Waals surface area (Å²) in [4.78, 5) is 26.5. The summed E-state index contributed by atoms with van der Waals surface area (Å²) in [5.74, 6) is 0.182. The molecule has 114 valence electrons. The fraction of sp³-hybridized carbons (Fsp3) is 0.412. The lowest BCUT2D eigenvalue weighted by Gasteiger charge is -2.19. The molecule has 2 amide bonds. The van der Waals surface area contributed by atoms with Crippen molar-refractivity contribution >= 4 is 29.1 Å². The van der Waals surface area contributed by atoms with Crippen molar-refractivity contribution in [1.82, 2.24) is 4.90 Å². The molecule has 1 N–H and O–H groups in total. The Morgan fingerprint density at radius 2 is 1.82 bits per heavy atom. The molecule has 4 rings (SSSR count). The maximum absolute atomic E-state index is 12.6. The van der Waals surface area contributed by atoms with Crippen LogP contribution >= 0.6 is 11.6 Å². The molecule has 5 heteroatoms.